The number of benzene rings is 1. The van der Waals surface area contributed by atoms with Crippen LogP contribution in [0.5, 0.6) is 0 Å². The molecule has 2 heterocycles. The van der Waals surface area contributed by atoms with Crippen molar-refractivity contribution in [2.24, 2.45) is 0 Å². The number of carbonyl (C=O) groups excluding carboxylic acids is 1. The molecular formula is C14H11Cl2N3OS. The summed E-state index contributed by atoms with van der Waals surface area (Å²) in [6.07, 6.45) is 4.03. The van der Waals surface area contributed by atoms with Gasteiger partial charge in [0.25, 0.3) is 0 Å². The standard InChI is InChI=1S/C14H11Cl2N3OS/c15-10-2-1-9(12(16)5-10)7-17-13(20)6-11-8-19-3-4-21-14(19)18-11/h1-5,8H,6-7H2,(H,17,20). The molecule has 0 fully saturated rings. The summed E-state index contributed by atoms with van der Waals surface area (Å²) in [6, 6.07) is 5.21. The van der Waals surface area contributed by atoms with E-state index in [0.29, 0.717) is 16.6 Å². The zero-order chi connectivity index (χ0) is 14.8. The van der Waals surface area contributed by atoms with Crippen LogP contribution in [0.2, 0.25) is 10.0 Å². The molecule has 0 aliphatic heterocycles. The Balaban J connectivity index is 1.60. The van der Waals surface area contributed by atoms with Gasteiger partial charge < -0.3 is 5.32 Å². The fraction of sp³-hybridized carbons (Fsp3) is 0.143. The first kappa shape index (κ1) is 14.4. The van der Waals surface area contributed by atoms with E-state index in [1.54, 1.807) is 18.2 Å². The van der Waals surface area contributed by atoms with Crippen LogP contribution < -0.4 is 5.32 Å². The zero-order valence-corrected chi connectivity index (χ0v) is 13.2. The van der Waals surface area contributed by atoms with Crippen molar-refractivity contribution in [1.82, 2.24) is 14.7 Å². The topological polar surface area (TPSA) is 46.4 Å². The fourth-order valence-electron chi connectivity index (χ4n) is 1.95. The average molecular weight is 340 g/mol. The molecule has 0 unspecified atom stereocenters. The van der Waals surface area contributed by atoms with E-state index >= 15 is 0 Å². The summed E-state index contributed by atoms with van der Waals surface area (Å²) in [5, 5.41) is 5.91. The van der Waals surface area contributed by atoms with Crippen LogP contribution in [0, 0.1) is 0 Å². The normalized spacial score (nSPS) is 11.0. The Kier molecular flexibility index (Phi) is 4.14. The van der Waals surface area contributed by atoms with Crippen molar-refractivity contribution < 1.29 is 4.79 Å². The second kappa shape index (κ2) is 6.05. The van der Waals surface area contributed by atoms with Gasteiger partial charge in [-0.1, -0.05) is 29.3 Å². The van der Waals surface area contributed by atoms with Gasteiger partial charge in [-0.05, 0) is 17.7 Å². The van der Waals surface area contributed by atoms with Crippen molar-refractivity contribution in [3.8, 4) is 0 Å². The van der Waals surface area contributed by atoms with Gasteiger partial charge in [0.05, 0.1) is 12.1 Å². The number of aromatic nitrogens is 2. The number of nitrogens with one attached hydrogen (secondary N) is 1. The number of rotatable bonds is 4. The van der Waals surface area contributed by atoms with Gasteiger partial charge in [0.2, 0.25) is 5.91 Å². The molecule has 0 bridgehead atoms. The van der Waals surface area contributed by atoms with Crippen LogP contribution in [0.1, 0.15) is 11.3 Å². The highest BCUT2D eigenvalue weighted by Gasteiger charge is 2.09. The average Bonchev–Trinajstić information content (AvgIpc) is 2.98. The van der Waals surface area contributed by atoms with Gasteiger partial charge in [0.1, 0.15) is 0 Å². The molecule has 2 aromatic heterocycles. The maximum atomic E-state index is 11.9. The highest BCUT2D eigenvalue weighted by atomic mass is 35.5. The molecule has 0 spiro atoms. The first-order valence-corrected chi connectivity index (χ1v) is 7.87. The lowest BCUT2D eigenvalue weighted by molar-refractivity contribution is -0.120. The minimum atomic E-state index is -0.0910. The first-order valence-electron chi connectivity index (χ1n) is 6.23. The molecule has 4 nitrogen and oxygen atoms in total. The molecule has 1 amide bonds. The van der Waals surface area contributed by atoms with Crippen molar-refractivity contribution >= 4 is 45.4 Å². The summed E-state index contributed by atoms with van der Waals surface area (Å²) in [7, 11) is 0. The Bertz CT molecular complexity index is 768. The smallest absolute Gasteiger partial charge is 0.226 e. The summed E-state index contributed by atoms with van der Waals surface area (Å²) in [5.41, 5.74) is 1.58. The summed E-state index contributed by atoms with van der Waals surface area (Å²) < 4.78 is 1.91. The summed E-state index contributed by atoms with van der Waals surface area (Å²) in [4.78, 5) is 17.2. The number of hydrogen-bond acceptors (Lipinski definition) is 3. The summed E-state index contributed by atoms with van der Waals surface area (Å²) in [6.45, 7) is 0.372. The van der Waals surface area contributed by atoms with Gasteiger partial charge in [-0.25, -0.2) is 4.98 Å². The number of fused-ring (bicyclic) bond motifs is 1. The highest BCUT2D eigenvalue weighted by Crippen LogP contribution is 2.20. The summed E-state index contributed by atoms with van der Waals surface area (Å²) in [5.74, 6) is -0.0910. The van der Waals surface area contributed by atoms with E-state index in [9.17, 15) is 4.79 Å². The molecule has 3 aromatic rings. The monoisotopic (exact) mass is 339 g/mol. The molecule has 108 valence electrons. The predicted molar refractivity (Wildman–Crippen MR) is 85.1 cm³/mol. The molecule has 0 radical (unpaired) electrons. The highest BCUT2D eigenvalue weighted by molar-refractivity contribution is 7.15. The number of halogens is 2. The second-order valence-electron chi connectivity index (χ2n) is 4.51. The second-order valence-corrected chi connectivity index (χ2v) is 6.23. The molecule has 3 rings (SSSR count). The van der Waals surface area contributed by atoms with Crippen LogP contribution in [0.15, 0.2) is 36.0 Å². The minimum Gasteiger partial charge on any atom is -0.352 e. The molecule has 7 heteroatoms. The third-order valence-electron chi connectivity index (χ3n) is 2.98. The van der Waals surface area contributed by atoms with E-state index in [1.807, 2.05) is 22.2 Å². The van der Waals surface area contributed by atoms with Crippen molar-refractivity contribution in [1.29, 1.82) is 0 Å². The van der Waals surface area contributed by atoms with Gasteiger partial charge in [-0.2, -0.15) is 0 Å². The molecule has 1 aromatic carbocycles. The van der Waals surface area contributed by atoms with E-state index in [1.165, 1.54) is 11.3 Å². The lowest BCUT2D eigenvalue weighted by atomic mass is 10.2. The molecule has 0 saturated heterocycles. The van der Waals surface area contributed by atoms with Crippen LogP contribution in [0.4, 0.5) is 0 Å². The predicted octanol–water partition coefficient (Wildman–Crippen LogP) is 3.56. The number of imidazole rings is 1. The quantitative estimate of drug-likeness (QED) is 0.789. The number of hydrogen-bond donors (Lipinski definition) is 1. The molecule has 21 heavy (non-hydrogen) atoms. The number of carbonyl (C=O) groups is 1. The Morgan fingerprint density at radius 1 is 1.38 bits per heavy atom. The lowest BCUT2D eigenvalue weighted by Gasteiger charge is -2.06. The fourth-order valence-corrected chi connectivity index (χ4v) is 3.14. The number of nitrogens with zero attached hydrogens (tertiary/aromatic N) is 2. The third kappa shape index (κ3) is 3.37. The minimum absolute atomic E-state index is 0.0910. The van der Waals surface area contributed by atoms with Gasteiger partial charge >= 0.3 is 0 Å². The van der Waals surface area contributed by atoms with Crippen molar-refractivity contribution in [3.05, 3.63) is 57.3 Å². The van der Waals surface area contributed by atoms with E-state index < -0.39 is 0 Å². The molecular weight excluding hydrogens is 329 g/mol. The van der Waals surface area contributed by atoms with Gasteiger partial charge in [-0.15, -0.1) is 11.3 Å². The van der Waals surface area contributed by atoms with Crippen LogP contribution in [-0.4, -0.2) is 15.3 Å². The zero-order valence-electron chi connectivity index (χ0n) is 10.8. The van der Waals surface area contributed by atoms with E-state index in [2.05, 4.69) is 10.3 Å². The van der Waals surface area contributed by atoms with Gasteiger partial charge in [0.15, 0.2) is 4.96 Å². The van der Waals surface area contributed by atoms with Crippen LogP contribution in [0.25, 0.3) is 4.96 Å². The SMILES string of the molecule is O=C(Cc1cn2ccsc2n1)NCc1ccc(Cl)cc1Cl. The molecule has 0 saturated carbocycles. The largest absolute Gasteiger partial charge is 0.352 e. The molecule has 1 N–H and O–H groups in total. The van der Waals surface area contributed by atoms with Gasteiger partial charge in [-0.3, -0.25) is 9.20 Å². The van der Waals surface area contributed by atoms with Gasteiger partial charge in [0, 0.05) is 34.4 Å². The number of amides is 1. The third-order valence-corrected chi connectivity index (χ3v) is 4.33. The maximum Gasteiger partial charge on any atom is 0.226 e. The van der Waals surface area contributed by atoms with Crippen LogP contribution in [-0.2, 0) is 17.8 Å². The summed E-state index contributed by atoms with van der Waals surface area (Å²) >= 11 is 13.4. The van der Waals surface area contributed by atoms with E-state index in [-0.39, 0.29) is 12.3 Å². The Labute approximate surface area is 135 Å². The Hall–Kier alpha value is -1.56. The first-order chi connectivity index (χ1) is 10.1. The van der Waals surface area contributed by atoms with E-state index in [0.717, 1.165) is 16.2 Å². The molecule has 0 aliphatic rings. The molecule has 0 aliphatic carbocycles. The Morgan fingerprint density at radius 3 is 3.00 bits per heavy atom. The van der Waals surface area contributed by atoms with Crippen LogP contribution >= 0.6 is 34.5 Å². The van der Waals surface area contributed by atoms with Crippen LogP contribution in [0.3, 0.4) is 0 Å². The maximum absolute atomic E-state index is 11.9. The van der Waals surface area contributed by atoms with Crippen molar-refractivity contribution in [2.75, 3.05) is 0 Å². The van der Waals surface area contributed by atoms with Crippen molar-refractivity contribution in [3.63, 3.8) is 0 Å². The van der Waals surface area contributed by atoms with E-state index in [4.69, 9.17) is 23.2 Å². The number of thiazole rings is 1. The molecule has 0 atom stereocenters. The van der Waals surface area contributed by atoms with Crippen molar-refractivity contribution in [2.45, 2.75) is 13.0 Å². The lowest BCUT2D eigenvalue weighted by Crippen LogP contribution is -2.24. The Morgan fingerprint density at radius 2 is 2.24 bits per heavy atom.